The third-order valence-electron chi connectivity index (χ3n) is 3.55. The fourth-order valence-electron chi connectivity index (χ4n) is 2.16. The van der Waals surface area contributed by atoms with Crippen LogP contribution in [-0.4, -0.2) is 26.3 Å². The maximum atomic E-state index is 5.92. The average molecular weight is 287 g/mol. The standard InChI is InChI=1S/C15H21N5O/c1-4-16-13-10(3)15(19-14(18-13)11-6-7-11)21-12-8-17-20(5-2)9-12/h8-9,11H,4-7H2,1-3H3,(H,16,18,19). The van der Waals surface area contributed by atoms with E-state index in [1.165, 1.54) is 12.8 Å². The minimum Gasteiger partial charge on any atom is -0.435 e. The number of nitrogens with one attached hydrogen (secondary N) is 1. The highest BCUT2D eigenvalue weighted by Crippen LogP contribution is 2.40. The van der Waals surface area contributed by atoms with Crippen molar-refractivity contribution in [2.24, 2.45) is 0 Å². The number of nitrogens with zero attached hydrogens (tertiary/aromatic N) is 4. The molecule has 6 nitrogen and oxygen atoms in total. The number of aromatic nitrogens is 4. The molecule has 112 valence electrons. The third-order valence-corrected chi connectivity index (χ3v) is 3.55. The van der Waals surface area contributed by atoms with Gasteiger partial charge in [-0.2, -0.15) is 10.1 Å². The van der Waals surface area contributed by atoms with E-state index in [2.05, 4.69) is 27.3 Å². The molecule has 6 heteroatoms. The average Bonchev–Trinajstić information content (AvgIpc) is 3.23. The number of hydrogen-bond acceptors (Lipinski definition) is 5. The van der Waals surface area contributed by atoms with Crippen molar-refractivity contribution < 1.29 is 4.74 Å². The van der Waals surface area contributed by atoms with Crippen LogP contribution in [0.3, 0.4) is 0 Å². The zero-order valence-electron chi connectivity index (χ0n) is 12.8. The summed E-state index contributed by atoms with van der Waals surface area (Å²) >= 11 is 0. The molecule has 0 aliphatic heterocycles. The van der Waals surface area contributed by atoms with Crippen LogP contribution >= 0.6 is 0 Å². The zero-order chi connectivity index (χ0) is 14.8. The molecule has 1 saturated carbocycles. The largest absolute Gasteiger partial charge is 0.435 e. The summed E-state index contributed by atoms with van der Waals surface area (Å²) in [6.45, 7) is 7.73. The first-order valence-corrected chi connectivity index (χ1v) is 7.54. The molecule has 21 heavy (non-hydrogen) atoms. The van der Waals surface area contributed by atoms with Gasteiger partial charge in [-0.25, -0.2) is 4.98 Å². The van der Waals surface area contributed by atoms with Crippen molar-refractivity contribution in [3.8, 4) is 11.6 Å². The molecule has 3 rings (SSSR count). The summed E-state index contributed by atoms with van der Waals surface area (Å²) < 4.78 is 7.75. The quantitative estimate of drug-likeness (QED) is 0.884. The molecule has 1 aliphatic carbocycles. The van der Waals surface area contributed by atoms with E-state index >= 15 is 0 Å². The van der Waals surface area contributed by atoms with Crippen LogP contribution in [0.2, 0.25) is 0 Å². The molecule has 0 spiro atoms. The highest BCUT2D eigenvalue weighted by Gasteiger charge is 2.28. The molecule has 1 fully saturated rings. The highest BCUT2D eigenvalue weighted by molar-refractivity contribution is 5.50. The Hall–Kier alpha value is -2.11. The molecule has 0 bridgehead atoms. The summed E-state index contributed by atoms with van der Waals surface area (Å²) in [4.78, 5) is 9.22. The van der Waals surface area contributed by atoms with E-state index in [1.54, 1.807) is 6.20 Å². The summed E-state index contributed by atoms with van der Waals surface area (Å²) in [7, 11) is 0. The molecule has 0 aromatic carbocycles. The monoisotopic (exact) mass is 287 g/mol. The first kappa shape index (κ1) is 13.9. The Kier molecular flexibility index (Phi) is 3.77. The lowest BCUT2D eigenvalue weighted by Gasteiger charge is -2.12. The van der Waals surface area contributed by atoms with Gasteiger partial charge in [-0.15, -0.1) is 0 Å². The van der Waals surface area contributed by atoms with Gasteiger partial charge in [0.2, 0.25) is 5.88 Å². The minimum absolute atomic E-state index is 0.490. The van der Waals surface area contributed by atoms with E-state index in [0.29, 0.717) is 17.5 Å². The molecule has 0 unspecified atom stereocenters. The minimum atomic E-state index is 0.490. The van der Waals surface area contributed by atoms with E-state index in [-0.39, 0.29) is 0 Å². The van der Waals surface area contributed by atoms with E-state index in [9.17, 15) is 0 Å². The van der Waals surface area contributed by atoms with Crippen molar-refractivity contribution in [2.75, 3.05) is 11.9 Å². The number of ether oxygens (including phenoxy) is 1. The fourth-order valence-corrected chi connectivity index (χ4v) is 2.16. The Morgan fingerprint density at radius 3 is 2.76 bits per heavy atom. The Morgan fingerprint density at radius 1 is 1.33 bits per heavy atom. The highest BCUT2D eigenvalue weighted by atomic mass is 16.5. The van der Waals surface area contributed by atoms with Crippen molar-refractivity contribution in [3.05, 3.63) is 23.8 Å². The van der Waals surface area contributed by atoms with E-state index in [4.69, 9.17) is 4.74 Å². The summed E-state index contributed by atoms with van der Waals surface area (Å²) in [5.41, 5.74) is 0.936. The number of anilines is 1. The smallest absolute Gasteiger partial charge is 0.227 e. The van der Waals surface area contributed by atoms with Crippen LogP contribution in [0.25, 0.3) is 0 Å². The van der Waals surface area contributed by atoms with Crippen LogP contribution in [0.1, 0.15) is 44.0 Å². The van der Waals surface area contributed by atoms with Crippen LogP contribution in [0.4, 0.5) is 5.82 Å². The predicted molar refractivity (Wildman–Crippen MR) is 80.9 cm³/mol. The normalized spacial score (nSPS) is 14.2. The van der Waals surface area contributed by atoms with Crippen LogP contribution in [0.5, 0.6) is 11.6 Å². The van der Waals surface area contributed by atoms with Gasteiger partial charge in [0.05, 0.1) is 18.0 Å². The van der Waals surface area contributed by atoms with Crippen LogP contribution < -0.4 is 10.1 Å². The van der Waals surface area contributed by atoms with Gasteiger partial charge in [0, 0.05) is 19.0 Å². The lowest BCUT2D eigenvalue weighted by molar-refractivity contribution is 0.453. The first-order chi connectivity index (χ1) is 10.2. The van der Waals surface area contributed by atoms with Gasteiger partial charge >= 0.3 is 0 Å². The van der Waals surface area contributed by atoms with Crippen LogP contribution in [0.15, 0.2) is 12.4 Å². The Labute approximate surface area is 124 Å². The molecule has 1 N–H and O–H groups in total. The van der Waals surface area contributed by atoms with Gasteiger partial charge in [-0.05, 0) is 33.6 Å². The van der Waals surface area contributed by atoms with E-state index in [1.807, 2.05) is 24.7 Å². The van der Waals surface area contributed by atoms with E-state index < -0.39 is 0 Å². The maximum absolute atomic E-state index is 5.92. The van der Waals surface area contributed by atoms with Crippen molar-refractivity contribution in [1.82, 2.24) is 19.7 Å². The van der Waals surface area contributed by atoms with Gasteiger partial charge in [-0.1, -0.05) is 0 Å². The van der Waals surface area contributed by atoms with Gasteiger partial charge in [0.15, 0.2) is 5.75 Å². The summed E-state index contributed by atoms with van der Waals surface area (Å²) in [5.74, 6) is 3.58. The molecule has 2 aromatic rings. The van der Waals surface area contributed by atoms with Gasteiger partial charge in [0.1, 0.15) is 11.6 Å². The van der Waals surface area contributed by atoms with Gasteiger partial charge < -0.3 is 10.1 Å². The number of hydrogen-bond donors (Lipinski definition) is 1. The molecule has 0 amide bonds. The second-order valence-corrected chi connectivity index (χ2v) is 5.30. The van der Waals surface area contributed by atoms with Crippen molar-refractivity contribution >= 4 is 5.82 Å². The third kappa shape index (κ3) is 2.99. The Morgan fingerprint density at radius 2 is 2.14 bits per heavy atom. The van der Waals surface area contributed by atoms with Crippen molar-refractivity contribution in [3.63, 3.8) is 0 Å². The summed E-state index contributed by atoms with van der Waals surface area (Å²) in [5, 5.41) is 7.51. The van der Waals surface area contributed by atoms with Gasteiger partial charge in [-0.3, -0.25) is 4.68 Å². The van der Waals surface area contributed by atoms with Crippen LogP contribution in [0, 0.1) is 6.92 Å². The molecule has 0 radical (unpaired) electrons. The second-order valence-electron chi connectivity index (χ2n) is 5.30. The van der Waals surface area contributed by atoms with Crippen LogP contribution in [-0.2, 0) is 6.54 Å². The topological polar surface area (TPSA) is 64.9 Å². The lowest BCUT2D eigenvalue weighted by atomic mass is 10.3. The molecular weight excluding hydrogens is 266 g/mol. The Balaban J connectivity index is 1.91. The Bertz CT molecular complexity index is 633. The summed E-state index contributed by atoms with van der Waals surface area (Å²) in [6, 6.07) is 0. The molecular formula is C15H21N5O. The molecule has 2 aromatic heterocycles. The van der Waals surface area contributed by atoms with E-state index in [0.717, 1.165) is 30.3 Å². The number of aryl methyl sites for hydroxylation is 1. The second kappa shape index (κ2) is 5.71. The lowest BCUT2D eigenvalue weighted by Crippen LogP contribution is -2.07. The number of rotatable bonds is 6. The molecule has 1 aliphatic rings. The molecule has 0 atom stereocenters. The van der Waals surface area contributed by atoms with Gasteiger partial charge in [0.25, 0.3) is 0 Å². The first-order valence-electron chi connectivity index (χ1n) is 7.54. The SMILES string of the molecule is CCNc1nc(C2CC2)nc(Oc2cnn(CC)c2)c1C. The maximum Gasteiger partial charge on any atom is 0.227 e. The molecule has 2 heterocycles. The van der Waals surface area contributed by atoms with Crippen molar-refractivity contribution in [2.45, 2.75) is 46.1 Å². The fraction of sp³-hybridized carbons (Fsp3) is 0.533. The van der Waals surface area contributed by atoms with Crippen molar-refractivity contribution in [1.29, 1.82) is 0 Å². The molecule has 0 saturated heterocycles. The predicted octanol–water partition coefficient (Wildman–Crippen LogP) is 3.10. The summed E-state index contributed by atoms with van der Waals surface area (Å²) in [6.07, 6.45) is 5.93. The zero-order valence-corrected chi connectivity index (χ0v) is 12.8.